The quantitative estimate of drug-likeness (QED) is 0.237. The van der Waals surface area contributed by atoms with Crippen LogP contribution in [0.3, 0.4) is 0 Å². The van der Waals surface area contributed by atoms with Gasteiger partial charge in [0.25, 0.3) is 0 Å². The minimum absolute atomic E-state index is 0.167. The average molecular weight is 558 g/mol. The van der Waals surface area contributed by atoms with Gasteiger partial charge < -0.3 is 14.5 Å². The highest BCUT2D eigenvalue weighted by atomic mass is 32.2. The zero-order chi connectivity index (χ0) is 27.8. The lowest BCUT2D eigenvalue weighted by molar-refractivity contribution is 0.0617. The van der Waals surface area contributed by atoms with E-state index < -0.39 is 0 Å². The fraction of sp³-hybridized carbons (Fsp3) is 0.441. The molecule has 40 heavy (non-hydrogen) atoms. The molecule has 0 bridgehead atoms. The van der Waals surface area contributed by atoms with Crippen LogP contribution in [0.25, 0.3) is 0 Å². The molecule has 0 spiro atoms. The molecule has 1 atom stereocenters. The van der Waals surface area contributed by atoms with Gasteiger partial charge in [0.15, 0.2) is 0 Å². The van der Waals surface area contributed by atoms with Crippen LogP contribution in [0.4, 0.5) is 4.79 Å². The number of fused-ring (bicyclic) bond motifs is 1. The lowest BCUT2D eigenvalue weighted by atomic mass is 9.78. The second-order valence-electron chi connectivity index (χ2n) is 11.3. The van der Waals surface area contributed by atoms with E-state index in [2.05, 4.69) is 77.8 Å². The highest BCUT2D eigenvalue weighted by Crippen LogP contribution is 2.43. The first-order valence-electron chi connectivity index (χ1n) is 14.8. The normalized spacial score (nSPS) is 19.5. The van der Waals surface area contributed by atoms with Gasteiger partial charge in [-0.25, -0.2) is 9.10 Å². The molecule has 1 heterocycles. The van der Waals surface area contributed by atoms with Gasteiger partial charge in [0.05, 0.1) is 0 Å². The summed E-state index contributed by atoms with van der Waals surface area (Å²) in [6.07, 6.45) is 5.34. The molecule has 1 fully saturated rings. The number of likely N-dealkylation sites (tertiary alicyclic amines) is 1. The third kappa shape index (κ3) is 7.09. The van der Waals surface area contributed by atoms with Gasteiger partial charge >= 0.3 is 6.09 Å². The molecule has 1 amide bonds. The molecule has 0 N–H and O–H groups in total. The van der Waals surface area contributed by atoms with Gasteiger partial charge in [-0.3, -0.25) is 0 Å². The van der Waals surface area contributed by atoms with Crippen molar-refractivity contribution in [1.82, 2.24) is 14.1 Å². The lowest BCUT2D eigenvalue weighted by Gasteiger charge is -2.40. The van der Waals surface area contributed by atoms with Crippen molar-refractivity contribution < 1.29 is 9.53 Å². The summed E-state index contributed by atoms with van der Waals surface area (Å²) >= 11 is 1.85. The fourth-order valence-corrected chi connectivity index (χ4v) is 7.50. The van der Waals surface area contributed by atoms with Gasteiger partial charge in [0.1, 0.15) is 6.61 Å². The molecule has 1 saturated heterocycles. The van der Waals surface area contributed by atoms with E-state index in [-0.39, 0.29) is 17.6 Å². The van der Waals surface area contributed by atoms with Gasteiger partial charge in [-0.05, 0) is 93.4 Å². The topological polar surface area (TPSA) is 36.0 Å². The molecule has 5 rings (SSSR count). The molecule has 1 aliphatic carbocycles. The van der Waals surface area contributed by atoms with Crippen molar-refractivity contribution in [3.8, 4) is 0 Å². The molecule has 6 heteroatoms. The van der Waals surface area contributed by atoms with E-state index in [1.54, 1.807) is 5.56 Å². The molecule has 0 radical (unpaired) electrons. The summed E-state index contributed by atoms with van der Waals surface area (Å²) in [6.45, 7) is 7.26. The average Bonchev–Trinajstić information content (AvgIpc) is 3.35. The molecule has 3 aromatic rings. The standard InChI is InChI=1S/C34H43N3O2S/c1-3-37(33(38)39-26-28-12-6-4-7-13-28)30-19-23-36(24-20-30)25-22-34(21-18-29-14-10-11-17-32(29)34)27-35(2)40-31-15-8-5-9-16-31/h4-17,30H,3,18-27H2,1-2H3. The summed E-state index contributed by atoms with van der Waals surface area (Å²) in [5.74, 6) is 0. The van der Waals surface area contributed by atoms with Gasteiger partial charge in [0, 0.05) is 42.5 Å². The molecule has 1 unspecified atom stereocenters. The van der Waals surface area contributed by atoms with Crippen LogP contribution in [0, 0.1) is 0 Å². The Labute approximate surface area is 244 Å². The molecule has 3 aromatic carbocycles. The third-order valence-electron chi connectivity index (χ3n) is 8.68. The highest BCUT2D eigenvalue weighted by Gasteiger charge is 2.40. The van der Waals surface area contributed by atoms with Crippen molar-refractivity contribution in [2.75, 3.05) is 39.8 Å². The Morgan fingerprint density at radius 1 is 0.975 bits per heavy atom. The van der Waals surface area contributed by atoms with Crippen molar-refractivity contribution in [3.05, 3.63) is 102 Å². The van der Waals surface area contributed by atoms with Gasteiger partial charge in [-0.1, -0.05) is 72.8 Å². The van der Waals surface area contributed by atoms with Crippen LogP contribution in [-0.4, -0.2) is 66.0 Å². The second-order valence-corrected chi connectivity index (χ2v) is 12.6. The third-order valence-corrected chi connectivity index (χ3v) is 9.60. The van der Waals surface area contributed by atoms with Crippen LogP contribution in [0.5, 0.6) is 0 Å². The van der Waals surface area contributed by atoms with E-state index in [1.165, 1.54) is 23.3 Å². The Hall–Kier alpha value is -2.80. The summed E-state index contributed by atoms with van der Waals surface area (Å²) < 4.78 is 8.10. The van der Waals surface area contributed by atoms with Crippen molar-refractivity contribution >= 4 is 18.0 Å². The summed E-state index contributed by atoms with van der Waals surface area (Å²) in [5, 5.41) is 0. The first-order valence-corrected chi connectivity index (χ1v) is 15.6. The van der Waals surface area contributed by atoms with Gasteiger partial charge in [-0.15, -0.1) is 0 Å². The van der Waals surface area contributed by atoms with Crippen LogP contribution in [0.2, 0.25) is 0 Å². The van der Waals surface area contributed by atoms with Gasteiger partial charge in [-0.2, -0.15) is 0 Å². The monoisotopic (exact) mass is 557 g/mol. The van der Waals surface area contributed by atoms with E-state index in [9.17, 15) is 4.79 Å². The predicted octanol–water partition coefficient (Wildman–Crippen LogP) is 7.02. The second kappa shape index (κ2) is 13.7. The lowest BCUT2D eigenvalue weighted by Crippen LogP contribution is -2.48. The molecule has 2 aliphatic rings. The number of amides is 1. The molecule has 0 saturated carbocycles. The number of carbonyl (C=O) groups excluding carboxylic acids is 1. The number of aryl methyl sites for hydroxylation is 1. The fourth-order valence-electron chi connectivity index (χ4n) is 6.55. The number of nitrogens with zero attached hydrogens (tertiary/aromatic N) is 3. The summed E-state index contributed by atoms with van der Waals surface area (Å²) in [7, 11) is 2.24. The number of piperidine rings is 1. The van der Waals surface area contributed by atoms with Crippen molar-refractivity contribution in [2.45, 2.75) is 62.0 Å². The number of hydrogen-bond donors (Lipinski definition) is 0. The van der Waals surface area contributed by atoms with Crippen LogP contribution in [-0.2, 0) is 23.2 Å². The predicted molar refractivity (Wildman–Crippen MR) is 164 cm³/mol. The molecule has 212 valence electrons. The first kappa shape index (κ1) is 28.7. The first-order chi connectivity index (χ1) is 19.6. The van der Waals surface area contributed by atoms with Crippen LogP contribution >= 0.6 is 11.9 Å². The van der Waals surface area contributed by atoms with Crippen molar-refractivity contribution in [2.24, 2.45) is 0 Å². The molecule has 0 aromatic heterocycles. The minimum Gasteiger partial charge on any atom is -0.445 e. The van der Waals surface area contributed by atoms with E-state index in [4.69, 9.17) is 4.74 Å². The molecular formula is C34H43N3O2S. The Balaban J connectivity index is 1.16. The zero-order valence-corrected chi connectivity index (χ0v) is 24.8. The van der Waals surface area contributed by atoms with Crippen LogP contribution < -0.4 is 0 Å². The number of benzene rings is 3. The summed E-state index contributed by atoms with van der Waals surface area (Å²) in [5.41, 5.74) is 4.26. The zero-order valence-electron chi connectivity index (χ0n) is 24.0. The SMILES string of the molecule is CCN(C(=O)OCc1ccccc1)C1CCN(CCC2(CN(C)Sc3ccccc3)CCc3ccccc32)CC1. The summed E-state index contributed by atoms with van der Waals surface area (Å²) in [6, 6.07) is 30.0. The highest BCUT2D eigenvalue weighted by molar-refractivity contribution is 7.97. The van der Waals surface area contributed by atoms with Crippen LogP contribution in [0.15, 0.2) is 89.8 Å². The minimum atomic E-state index is -0.190. The Kier molecular flexibility index (Phi) is 9.84. The summed E-state index contributed by atoms with van der Waals surface area (Å²) in [4.78, 5) is 18.7. The number of likely N-dealkylation sites (N-methyl/N-ethyl adjacent to an activating group) is 1. The maximum Gasteiger partial charge on any atom is 0.410 e. The van der Waals surface area contributed by atoms with E-state index in [0.29, 0.717) is 13.2 Å². The number of hydrogen-bond acceptors (Lipinski definition) is 5. The number of rotatable bonds is 11. The number of ether oxygens (including phenoxy) is 1. The van der Waals surface area contributed by atoms with Crippen molar-refractivity contribution in [1.29, 1.82) is 0 Å². The smallest absolute Gasteiger partial charge is 0.410 e. The Morgan fingerprint density at radius 3 is 2.38 bits per heavy atom. The Bertz CT molecular complexity index is 1220. The van der Waals surface area contributed by atoms with Crippen LogP contribution in [0.1, 0.15) is 49.3 Å². The molecule has 5 nitrogen and oxygen atoms in total. The maximum atomic E-state index is 12.9. The van der Waals surface area contributed by atoms with Crippen molar-refractivity contribution in [3.63, 3.8) is 0 Å². The van der Waals surface area contributed by atoms with E-state index in [0.717, 1.165) is 51.0 Å². The van der Waals surface area contributed by atoms with E-state index in [1.807, 2.05) is 47.2 Å². The molecular weight excluding hydrogens is 514 g/mol. The largest absolute Gasteiger partial charge is 0.445 e. The Morgan fingerprint density at radius 2 is 1.65 bits per heavy atom. The van der Waals surface area contributed by atoms with E-state index >= 15 is 0 Å². The maximum absolute atomic E-state index is 12.9. The number of carbonyl (C=O) groups is 1. The molecule has 1 aliphatic heterocycles. The van der Waals surface area contributed by atoms with Gasteiger partial charge in [0.2, 0.25) is 0 Å².